The first-order chi connectivity index (χ1) is 3.41. The molecule has 0 bridgehead atoms. The zero-order valence-corrected chi connectivity index (χ0v) is 4.56. The van der Waals surface area contributed by atoms with Gasteiger partial charge in [-0.2, -0.15) is 0 Å². The van der Waals surface area contributed by atoms with Crippen molar-refractivity contribution >= 4 is 0 Å². The Morgan fingerprint density at radius 3 is 2.86 bits per heavy atom. The smallest absolute Gasteiger partial charge is 0.0751 e. The van der Waals surface area contributed by atoms with Crippen LogP contribution in [0, 0.1) is 12.0 Å². The minimum atomic E-state index is 0.592. The van der Waals surface area contributed by atoms with Gasteiger partial charge in [0.2, 0.25) is 0 Å². The van der Waals surface area contributed by atoms with Gasteiger partial charge in [-0.05, 0) is 13.8 Å². The SMILES string of the molecule is CC#C[N]OCC. The molecule has 0 saturated heterocycles. The predicted molar refractivity (Wildman–Crippen MR) is 27.2 cm³/mol. The van der Waals surface area contributed by atoms with Crippen LogP contribution in [0.5, 0.6) is 0 Å². The van der Waals surface area contributed by atoms with Gasteiger partial charge in [0.15, 0.2) is 0 Å². The summed E-state index contributed by atoms with van der Waals surface area (Å²) in [5, 5.41) is 0. The molecule has 2 nitrogen and oxygen atoms in total. The Morgan fingerprint density at radius 1 is 1.71 bits per heavy atom. The molecule has 0 amide bonds. The highest BCUT2D eigenvalue weighted by atomic mass is 16.6. The van der Waals surface area contributed by atoms with E-state index in [2.05, 4.69) is 22.3 Å². The number of rotatable bonds is 2. The van der Waals surface area contributed by atoms with Crippen LogP contribution in [-0.2, 0) is 4.84 Å². The van der Waals surface area contributed by atoms with Crippen molar-refractivity contribution < 1.29 is 4.84 Å². The molecule has 0 N–H and O–H groups in total. The van der Waals surface area contributed by atoms with Gasteiger partial charge in [0, 0.05) is 0 Å². The van der Waals surface area contributed by atoms with Crippen LogP contribution in [0.3, 0.4) is 0 Å². The molecule has 39 valence electrons. The standard InChI is InChI=1S/C5H8NO/c1-3-5-6-7-4-2/h4H2,1-2H3. The van der Waals surface area contributed by atoms with E-state index in [0.717, 1.165) is 0 Å². The molecule has 7 heavy (non-hydrogen) atoms. The fraction of sp³-hybridized carbons (Fsp3) is 0.600. The molecule has 0 spiro atoms. The Morgan fingerprint density at radius 2 is 2.43 bits per heavy atom. The van der Waals surface area contributed by atoms with Crippen LogP contribution >= 0.6 is 0 Å². The minimum Gasteiger partial charge on any atom is -0.244 e. The van der Waals surface area contributed by atoms with E-state index in [0.29, 0.717) is 6.61 Å². The second kappa shape index (κ2) is 5.32. The Balaban J connectivity index is 2.78. The van der Waals surface area contributed by atoms with Gasteiger partial charge < -0.3 is 0 Å². The zero-order chi connectivity index (χ0) is 5.54. The highest BCUT2D eigenvalue weighted by molar-refractivity contribution is 4.88. The van der Waals surface area contributed by atoms with Crippen LogP contribution < -0.4 is 5.48 Å². The average molecular weight is 98.1 g/mol. The Labute approximate surface area is 43.8 Å². The summed E-state index contributed by atoms with van der Waals surface area (Å²) in [5.41, 5.74) is 3.35. The Kier molecular flexibility index (Phi) is 4.80. The molecule has 0 unspecified atom stereocenters. The van der Waals surface area contributed by atoms with Crippen molar-refractivity contribution in [1.82, 2.24) is 5.48 Å². The topological polar surface area (TPSA) is 23.3 Å². The summed E-state index contributed by atoms with van der Waals surface area (Å²) in [7, 11) is 0. The molecule has 0 atom stereocenters. The highest BCUT2D eigenvalue weighted by Gasteiger charge is 1.69. The minimum absolute atomic E-state index is 0.592. The Bertz CT molecular complexity index is 79.8. The van der Waals surface area contributed by atoms with Crippen LogP contribution in [0.15, 0.2) is 0 Å². The molecule has 0 rings (SSSR count). The maximum atomic E-state index is 4.53. The van der Waals surface area contributed by atoms with Crippen molar-refractivity contribution in [2.24, 2.45) is 0 Å². The summed E-state index contributed by atoms with van der Waals surface area (Å²) in [6, 6.07) is 2.40. The number of hydroxylamine groups is 1. The lowest BCUT2D eigenvalue weighted by Crippen LogP contribution is -1.96. The molecular weight excluding hydrogens is 90.1 g/mol. The van der Waals surface area contributed by atoms with Gasteiger partial charge >= 0.3 is 0 Å². The fourth-order valence-corrected chi connectivity index (χ4v) is 0.142. The van der Waals surface area contributed by atoms with Crippen molar-refractivity contribution in [2.75, 3.05) is 6.61 Å². The van der Waals surface area contributed by atoms with Crippen LogP contribution in [0.1, 0.15) is 13.8 Å². The average Bonchev–Trinajstić information content (AvgIpc) is 1.69. The van der Waals surface area contributed by atoms with E-state index in [-0.39, 0.29) is 0 Å². The molecular formula is C5H8NO. The lowest BCUT2D eigenvalue weighted by molar-refractivity contribution is 0.0820. The monoisotopic (exact) mass is 98.1 g/mol. The Hall–Kier alpha value is -0.680. The number of nitrogens with zero attached hydrogens (tertiary/aromatic N) is 1. The highest BCUT2D eigenvalue weighted by Crippen LogP contribution is 1.61. The molecule has 0 aliphatic rings. The maximum absolute atomic E-state index is 4.53. The van der Waals surface area contributed by atoms with Crippen molar-refractivity contribution in [3.8, 4) is 12.0 Å². The van der Waals surface area contributed by atoms with Crippen molar-refractivity contribution in [3.05, 3.63) is 0 Å². The summed E-state index contributed by atoms with van der Waals surface area (Å²) in [4.78, 5) is 4.53. The van der Waals surface area contributed by atoms with Crippen LogP contribution in [0.2, 0.25) is 0 Å². The molecule has 0 aromatic carbocycles. The van der Waals surface area contributed by atoms with Crippen LogP contribution in [0.25, 0.3) is 0 Å². The van der Waals surface area contributed by atoms with E-state index in [4.69, 9.17) is 0 Å². The summed E-state index contributed by atoms with van der Waals surface area (Å²) < 4.78 is 0. The van der Waals surface area contributed by atoms with Crippen molar-refractivity contribution in [3.63, 3.8) is 0 Å². The van der Waals surface area contributed by atoms with Crippen LogP contribution in [-0.4, -0.2) is 6.61 Å². The molecule has 0 aromatic heterocycles. The summed E-state index contributed by atoms with van der Waals surface area (Å²) in [5.74, 6) is 2.56. The molecule has 1 radical (unpaired) electrons. The van der Waals surface area contributed by atoms with E-state index in [1.807, 2.05) is 6.92 Å². The normalized spacial score (nSPS) is 6.57. The number of hydrogen-bond donors (Lipinski definition) is 0. The lowest BCUT2D eigenvalue weighted by Gasteiger charge is -1.84. The van der Waals surface area contributed by atoms with Gasteiger partial charge in [0.05, 0.1) is 12.7 Å². The lowest BCUT2D eigenvalue weighted by atomic mass is 10.8. The van der Waals surface area contributed by atoms with Gasteiger partial charge in [-0.3, -0.25) is 0 Å². The molecule has 0 saturated carbocycles. The molecule has 0 fully saturated rings. The second-order valence-corrected chi connectivity index (χ2v) is 0.871. The molecule has 0 heterocycles. The first kappa shape index (κ1) is 6.32. The van der Waals surface area contributed by atoms with Gasteiger partial charge in [0.25, 0.3) is 0 Å². The molecule has 0 aromatic rings. The quantitative estimate of drug-likeness (QED) is 0.280. The van der Waals surface area contributed by atoms with Crippen molar-refractivity contribution in [1.29, 1.82) is 0 Å². The van der Waals surface area contributed by atoms with Gasteiger partial charge in [-0.15, -0.1) is 0 Å². The first-order valence-electron chi connectivity index (χ1n) is 2.15. The maximum Gasteiger partial charge on any atom is 0.0751 e. The van der Waals surface area contributed by atoms with Gasteiger partial charge in [0.1, 0.15) is 0 Å². The van der Waals surface area contributed by atoms with E-state index in [1.165, 1.54) is 0 Å². The third-order valence-electron chi connectivity index (χ3n) is 0.351. The number of hydrogen-bond acceptors (Lipinski definition) is 1. The zero-order valence-electron chi connectivity index (χ0n) is 4.56. The van der Waals surface area contributed by atoms with E-state index in [1.54, 1.807) is 6.92 Å². The largest absolute Gasteiger partial charge is 0.244 e. The van der Waals surface area contributed by atoms with Gasteiger partial charge in [-0.25, -0.2) is 4.84 Å². The van der Waals surface area contributed by atoms with E-state index in [9.17, 15) is 0 Å². The fourth-order valence-electron chi connectivity index (χ4n) is 0.142. The van der Waals surface area contributed by atoms with Crippen molar-refractivity contribution in [2.45, 2.75) is 13.8 Å². The molecule has 2 heteroatoms. The molecule has 0 aliphatic carbocycles. The van der Waals surface area contributed by atoms with E-state index < -0.39 is 0 Å². The first-order valence-corrected chi connectivity index (χ1v) is 2.15. The van der Waals surface area contributed by atoms with Crippen LogP contribution in [0.4, 0.5) is 0 Å². The molecule has 0 aliphatic heterocycles. The summed E-state index contributed by atoms with van der Waals surface area (Å²) in [6.07, 6.45) is 0. The van der Waals surface area contributed by atoms with Gasteiger partial charge in [-0.1, -0.05) is 11.4 Å². The van der Waals surface area contributed by atoms with E-state index >= 15 is 0 Å². The predicted octanol–water partition coefficient (Wildman–Crippen LogP) is 0.523. The third-order valence-corrected chi connectivity index (χ3v) is 0.351. The summed E-state index contributed by atoms with van der Waals surface area (Å²) in [6.45, 7) is 4.16. The summed E-state index contributed by atoms with van der Waals surface area (Å²) >= 11 is 0. The second-order valence-electron chi connectivity index (χ2n) is 0.871. The third kappa shape index (κ3) is 5.32.